The quantitative estimate of drug-likeness (QED) is 0.948. The Hall–Kier alpha value is -1.69. The third kappa shape index (κ3) is 2.76. The third-order valence-electron chi connectivity index (χ3n) is 2.27. The zero-order valence-electron chi connectivity index (χ0n) is 9.54. The molecular formula is C12H10BrFN2O2. The molecule has 0 fully saturated rings. The van der Waals surface area contributed by atoms with E-state index in [2.05, 4.69) is 26.2 Å². The van der Waals surface area contributed by atoms with Gasteiger partial charge in [0.1, 0.15) is 11.6 Å². The molecule has 0 radical (unpaired) electrons. The van der Waals surface area contributed by atoms with Crippen molar-refractivity contribution < 1.29 is 13.6 Å². The van der Waals surface area contributed by atoms with Crippen LogP contribution in [0.5, 0.6) is 0 Å². The lowest BCUT2D eigenvalue weighted by Gasteiger charge is -2.05. The summed E-state index contributed by atoms with van der Waals surface area (Å²) >= 11 is 3.03. The number of aryl methyl sites for hydroxylation is 1. The van der Waals surface area contributed by atoms with Crippen molar-refractivity contribution in [3.63, 3.8) is 0 Å². The van der Waals surface area contributed by atoms with Crippen LogP contribution in [0.2, 0.25) is 0 Å². The van der Waals surface area contributed by atoms with E-state index in [1.807, 2.05) is 0 Å². The van der Waals surface area contributed by atoms with Crippen molar-refractivity contribution in [2.24, 2.45) is 0 Å². The van der Waals surface area contributed by atoms with Crippen LogP contribution in [0.25, 0.3) is 0 Å². The van der Waals surface area contributed by atoms with Gasteiger partial charge in [-0.1, -0.05) is 6.07 Å². The largest absolute Gasteiger partial charge is 0.444 e. The van der Waals surface area contributed by atoms with Crippen LogP contribution in [0.4, 0.5) is 4.39 Å². The van der Waals surface area contributed by atoms with Crippen LogP contribution in [0.1, 0.15) is 22.0 Å². The predicted molar refractivity (Wildman–Crippen MR) is 66.5 cm³/mol. The summed E-state index contributed by atoms with van der Waals surface area (Å²) in [7, 11) is 0. The fourth-order valence-corrected chi connectivity index (χ4v) is 1.78. The number of oxazole rings is 1. The Balaban J connectivity index is 2.06. The average Bonchev–Trinajstić information content (AvgIpc) is 2.76. The van der Waals surface area contributed by atoms with E-state index >= 15 is 0 Å². The van der Waals surface area contributed by atoms with Crippen LogP contribution in [0.15, 0.2) is 33.3 Å². The number of rotatable bonds is 3. The molecule has 1 aromatic carbocycles. The van der Waals surface area contributed by atoms with Crippen molar-refractivity contribution in [1.29, 1.82) is 0 Å². The first-order valence-electron chi connectivity index (χ1n) is 5.21. The summed E-state index contributed by atoms with van der Waals surface area (Å²) in [5.41, 5.74) is -0.0207. The van der Waals surface area contributed by atoms with Crippen LogP contribution in [0.3, 0.4) is 0 Å². The second kappa shape index (κ2) is 5.30. The van der Waals surface area contributed by atoms with Gasteiger partial charge in [0.15, 0.2) is 0 Å². The molecule has 1 N–H and O–H groups in total. The molecule has 0 aliphatic rings. The Kier molecular flexibility index (Phi) is 3.76. The van der Waals surface area contributed by atoms with E-state index in [0.717, 1.165) is 0 Å². The summed E-state index contributed by atoms with van der Waals surface area (Å²) in [6.45, 7) is 1.88. The highest BCUT2D eigenvalue weighted by molar-refractivity contribution is 9.10. The highest BCUT2D eigenvalue weighted by Crippen LogP contribution is 2.18. The van der Waals surface area contributed by atoms with Crippen LogP contribution in [0, 0.1) is 12.7 Å². The zero-order chi connectivity index (χ0) is 13.1. The molecule has 0 saturated heterocycles. The summed E-state index contributed by atoms with van der Waals surface area (Å²) < 4.78 is 19.1. The van der Waals surface area contributed by atoms with Crippen molar-refractivity contribution in [1.82, 2.24) is 10.3 Å². The first-order chi connectivity index (χ1) is 8.58. The molecule has 0 aliphatic carbocycles. The summed E-state index contributed by atoms with van der Waals surface area (Å²) in [5, 5.41) is 2.54. The molecule has 2 aromatic rings. The Morgan fingerprint density at radius 3 is 3.00 bits per heavy atom. The molecule has 1 aromatic heterocycles. The Labute approximate surface area is 111 Å². The SMILES string of the molecule is Cc1cnc(CNC(=O)c2cccc(Br)c2F)o1. The number of halogens is 2. The maximum Gasteiger partial charge on any atom is 0.254 e. The smallest absolute Gasteiger partial charge is 0.254 e. The standard InChI is InChI=1S/C12H10BrFN2O2/c1-7-5-15-10(18-7)6-16-12(17)8-3-2-4-9(13)11(8)14/h2-5H,6H2,1H3,(H,16,17). The lowest BCUT2D eigenvalue weighted by molar-refractivity contribution is 0.0943. The fraction of sp³-hybridized carbons (Fsp3) is 0.167. The van der Waals surface area contributed by atoms with Crippen molar-refractivity contribution in [3.8, 4) is 0 Å². The molecule has 6 heteroatoms. The third-order valence-corrected chi connectivity index (χ3v) is 2.88. The van der Waals surface area contributed by atoms with Crippen molar-refractivity contribution in [3.05, 3.63) is 51.9 Å². The number of carbonyl (C=O) groups is 1. The molecular weight excluding hydrogens is 303 g/mol. The molecule has 2 rings (SSSR count). The van der Waals surface area contributed by atoms with Gasteiger partial charge in [-0.15, -0.1) is 0 Å². The fourth-order valence-electron chi connectivity index (χ4n) is 1.41. The van der Waals surface area contributed by atoms with Crippen LogP contribution < -0.4 is 5.32 Å². The predicted octanol–water partition coefficient (Wildman–Crippen LogP) is 2.81. The van der Waals surface area contributed by atoms with Crippen LogP contribution >= 0.6 is 15.9 Å². The second-order valence-corrected chi connectivity index (χ2v) is 4.50. The normalized spacial score (nSPS) is 10.4. The lowest BCUT2D eigenvalue weighted by atomic mass is 10.2. The van der Waals surface area contributed by atoms with Crippen LogP contribution in [-0.2, 0) is 6.54 Å². The summed E-state index contributed by atoms with van der Waals surface area (Å²) in [4.78, 5) is 15.7. The van der Waals surface area contributed by atoms with E-state index in [-0.39, 0.29) is 16.6 Å². The molecule has 0 bridgehead atoms. The van der Waals surface area contributed by atoms with Gasteiger partial charge >= 0.3 is 0 Å². The highest BCUT2D eigenvalue weighted by atomic mass is 79.9. The Morgan fingerprint density at radius 2 is 2.33 bits per heavy atom. The van der Waals surface area contributed by atoms with Gasteiger partial charge in [-0.2, -0.15) is 0 Å². The zero-order valence-corrected chi connectivity index (χ0v) is 11.1. The molecule has 0 saturated carbocycles. The Morgan fingerprint density at radius 1 is 1.56 bits per heavy atom. The van der Waals surface area contributed by atoms with Crippen molar-refractivity contribution in [2.75, 3.05) is 0 Å². The minimum atomic E-state index is -0.585. The van der Waals surface area contributed by atoms with E-state index in [0.29, 0.717) is 11.7 Å². The molecule has 18 heavy (non-hydrogen) atoms. The molecule has 4 nitrogen and oxygen atoms in total. The van der Waals surface area contributed by atoms with E-state index in [9.17, 15) is 9.18 Å². The number of nitrogens with one attached hydrogen (secondary N) is 1. The number of nitrogens with zero attached hydrogens (tertiary/aromatic N) is 1. The number of benzene rings is 1. The molecule has 0 aliphatic heterocycles. The summed E-state index contributed by atoms with van der Waals surface area (Å²) in [6.07, 6.45) is 1.56. The van der Waals surface area contributed by atoms with Crippen LogP contribution in [-0.4, -0.2) is 10.9 Å². The molecule has 94 valence electrons. The summed E-state index contributed by atoms with van der Waals surface area (Å²) in [5.74, 6) is -0.0487. The van der Waals surface area contributed by atoms with Crippen molar-refractivity contribution in [2.45, 2.75) is 13.5 Å². The first-order valence-corrected chi connectivity index (χ1v) is 6.00. The molecule has 0 unspecified atom stereocenters. The second-order valence-electron chi connectivity index (χ2n) is 3.65. The molecule has 0 atom stereocenters. The lowest BCUT2D eigenvalue weighted by Crippen LogP contribution is -2.24. The molecule has 1 heterocycles. The van der Waals surface area contributed by atoms with E-state index in [1.54, 1.807) is 19.2 Å². The average molecular weight is 313 g/mol. The van der Waals surface area contributed by atoms with Gasteiger partial charge in [0.2, 0.25) is 5.89 Å². The first kappa shape index (κ1) is 12.8. The maximum absolute atomic E-state index is 13.6. The highest BCUT2D eigenvalue weighted by Gasteiger charge is 2.14. The Bertz CT molecular complexity index is 583. The van der Waals surface area contributed by atoms with E-state index < -0.39 is 11.7 Å². The van der Waals surface area contributed by atoms with E-state index in [4.69, 9.17) is 4.42 Å². The van der Waals surface area contributed by atoms with Gasteiger partial charge in [0, 0.05) is 0 Å². The maximum atomic E-state index is 13.6. The van der Waals surface area contributed by atoms with Gasteiger partial charge in [-0.05, 0) is 35.0 Å². The summed E-state index contributed by atoms with van der Waals surface area (Å²) in [6, 6.07) is 4.54. The number of amides is 1. The minimum Gasteiger partial charge on any atom is -0.444 e. The number of aromatic nitrogens is 1. The van der Waals surface area contributed by atoms with E-state index in [1.165, 1.54) is 12.1 Å². The number of hydrogen-bond donors (Lipinski definition) is 1. The van der Waals surface area contributed by atoms with Gasteiger partial charge in [-0.3, -0.25) is 4.79 Å². The van der Waals surface area contributed by atoms with Gasteiger partial charge in [0.25, 0.3) is 5.91 Å². The van der Waals surface area contributed by atoms with Gasteiger partial charge < -0.3 is 9.73 Å². The molecule has 0 spiro atoms. The number of hydrogen-bond acceptors (Lipinski definition) is 3. The number of carbonyl (C=O) groups excluding carboxylic acids is 1. The van der Waals surface area contributed by atoms with Gasteiger partial charge in [-0.25, -0.2) is 9.37 Å². The minimum absolute atomic E-state index is 0.0207. The van der Waals surface area contributed by atoms with Crippen molar-refractivity contribution >= 4 is 21.8 Å². The topological polar surface area (TPSA) is 55.1 Å². The molecule has 1 amide bonds. The monoisotopic (exact) mass is 312 g/mol. The van der Waals surface area contributed by atoms with Gasteiger partial charge in [0.05, 0.1) is 22.8 Å².